The summed E-state index contributed by atoms with van der Waals surface area (Å²) in [5.41, 5.74) is 7.81. The summed E-state index contributed by atoms with van der Waals surface area (Å²) < 4.78 is 0. The number of amides is 2. The first-order valence-corrected chi connectivity index (χ1v) is 6.44. The molecular weight excluding hydrogens is 242 g/mol. The zero-order chi connectivity index (χ0) is 14.0. The Morgan fingerprint density at radius 1 is 1.42 bits per heavy atom. The maximum Gasteiger partial charge on any atom is 0.256 e. The second kappa shape index (κ2) is 5.30. The number of nitrogens with zero attached hydrogens (tertiary/aromatic N) is 1. The molecule has 3 N–H and O–H groups in total. The van der Waals surface area contributed by atoms with E-state index in [4.69, 9.17) is 5.73 Å². The molecule has 2 rings (SSSR count). The number of likely N-dealkylation sites (N-methyl/N-ethyl adjacent to an activating group) is 1. The summed E-state index contributed by atoms with van der Waals surface area (Å²) in [7, 11) is 1.59. The number of carbonyl (C=O) groups excluding carboxylic acids is 2. The number of nitrogens with one attached hydrogen (secondary N) is 1. The minimum Gasteiger partial charge on any atom is -0.398 e. The molecule has 0 aromatic heterocycles. The maximum atomic E-state index is 12.5. The smallest absolute Gasteiger partial charge is 0.256 e. The van der Waals surface area contributed by atoms with Crippen molar-refractivity contribution in [3.05, 3.63) is 29.3 Å². The number of aryl methyl sites for hydroxylation is 1. The summed E-state index contributed by atoms with van der Waals surface area (Å²) in [6, 6.07) is 5.01. The van der Waals surface area contributed by atoms with Crippen LogP contribution in [0, 0.1) is 6.92 Å². The van der Waals surface area contributed by atoms with Gasteiger partial charge in [-0.2, -0.15) is 0 Å². The van der Waals surface area contributed by atoms with Gasteiger partial charge in [0.15, 0.2) is 0 Å². The highest BCUT2D eigenvalue weighted by Gasteiger charge is 2.34. The topological polar surface area (TPSA) is 75.4 Å². The van der Waals surface area contributed by atoms with E-state index in [0.717, 1.165) is 12.0 Å². The van der Waals surface area contributed by atoms with Crippen molar-refractivity contribution < 1.29 is 9.59 Å². The van der Waals surface area contributed by atoms with E-state index < -0.39 is 0 Å². The van der Waals surface area contributed by atoms with E-state index in [9.17, 15) is 9.59 Å². The van der Waals surface area contributed by atoms with Gasteiger partial charge in [0.05, 0.1) is 5.56 Å². The molecule has 0 radical (unpaired) electrons. The summed E-state index contributed by atoms with van der Waals surface area (Å²) in [6.07, 6.45) is 1.55. The lowest BCUT2D eigenvalue weighted by atomic mass is 10.1. The standard InChI is InChI=1S/C14H19N3O2/c1-9-5-3-6-10(12(9)15)14(19)17-8-4-7-11(17)13(18)16-2/h3,5-6,11H,4,7-8,15H2,1-2H3,(H,16,18). The van der Waals surface area contributed by atoms with Gasteiger partial charge >= 0.3 is 0 Å². The Labute approximate surface area is 112 Å². The molecule has 1 unspecified atom stereocenters. The number of para-hydroxylation sites is 1. The zero-order valence-corrected chi connectivity index (χ0v) is 11.3. The summed E-state index contributed by atoms with van der Waals surface area (Å²) >= 11 is 0. The quantitative estimate of drug-likeness (QED) is 0.778. The molecule has 1 fully saturated rings. The third-order valence-corrected chi connectivity index (χ3v) is 3.62. The molecule has 1 aliphatic heterocycles. The Morgan fingerprint density at radius 3 is 2.84 bits per heavy atom. The average Bonchev–Trinajstić information content (AvgIpc) is 2.89. The molecule has 102 valence electrons. The molecule has 5 nitrogen and oxygen atoms in total. The van der Waals surface area contributed by atoms with E-state index in [1.807, 2.05) is 19.1 Å². The molecule has 1 aliphatic rings. The number of anilines is 1. The van der Waals surface area contributed by atoms with Gasteiger partial charge in [0.2, 0.25) is 5.91 Å². The monoisotopic (exact) mass is 261 g/mol. The normalized spacial score (nSPS) is 18.4. The number of hydrogen-bond acceptors (Lipinski definition) is 3. The molecule has 0 aliphatic carbocycles. The van der Waals surface area contributed by atoms with Crippen molar-refractivity contribution in [3.8, 4) is 0 Å². The summed E-state index contributed by atoms with van der Waals surface area (Å²) in [5.74, 6) is -0.274. The molecule has 1 atom stereocenters. The van der Waals surface area contributed by atoms with Crippen LogP contribution < -0.4 is 11.1 Å². The first-order valence-electron chi connectivity index (χ1n) is 6.44. The number of likely N-dealkylation sites (tertiary alicyclic amines) is 1. The first kappa shape index (κ1) is 13.4. The van der Waals surface area contributed by atoms with Crippen LogP contribution in [0.3, 0.4) is 0 Å². The van der Waals surface area contributed by atoms with E-state index in [-0.39, 0.29) is 17.9 Å². The highest BCUT2D eigenvalue weighted by Crippen LogP contribution is 2.24. The van der Waals surface area contributed by atoms with Crippen molar-refractivity contribution in [1.82, 2.24) is 10.2 Å². The Morgan fingerprint density at radius 2 is 2.16 bits per heavy atom. The van der Waals surface area contributed by atoms with Gasteiger partial charge in [0.1, 0.15) is 6.04 Å². The van der Waals surface area contributed by atoms with Crippen LogP contribution in [-0.2, 0) is 4.79 Å². The lowest BCUT2D eigenvalue weighted by Gasteiger charge is -2.24. The number of nitrogen functional groups attached to an aromatic ring is 1. The van der Waals surface area contributed by atoms with Crippen molar-refractivity contribution in [2.24, 2.45) is 0 Å². The summed E-state index contributed by atoms with van der Waals surface area (Å²) in [4.78, 5) is 25.9. The van der Waals surface area contributed by atoms with Gasteiger partial charge in [-0.3, -0.25) is 9.59 Å². The van der Waals surface area contributed by atoms with Crippen molar-refractivity contribution >= 4 is 17.5 Å². The number of rotatable bonds is 2. The largest absolute Gasteiger partial charge is 0.398 e. The van der Waals surface area contributed by atoms with Gasteiger partial charge in [0, 0.05) is 19.3 Å². The number of hydrogen-bond donors (Lipinski definition) is 2. The molecule has 0 spiro atoms. The predicted octanol–water partition coefficient (Wildman–Crippen LogP) is 0.928. The molecule has 0 saturated carbocycles. The Balaban J connectivity index is 2.28. The first-order chi connectivity index (χ1) is 9.06. The third kappa shape index (κ3) is 2.41. The second-order valence-corrected chi connectivity index (χ2v) is 4.81. The van der Waals surface area contributed by atoms with Crippen molar-refractivity contribution in [2.45, 2.75) is 25.8 Å². The van der Waals surface area contributed by atoms with Gasteiger partial charge < -0.3 is 16.0 Å². The molecule has 1 aromatic carbocycles. The second-order valence-electron chi connectivity index (χ2n) is 4.81. The van der Waals surface area contributed by atoms with E-state index in [1.54, 1.807) is 18.0 Å². The predicted molar refractivity (Wildman–Crippen MR) is 73.7 cm³/mol. The van der Waals surface area contributed by atoms with Crippen LogP contribution in [0.5, 0.6) is 0 Å². The van der Waals surface area contributed by atoms with Crippen LogP contribution in [0.25, 0.3) is 0 Å². The average molecular weight is 261 g/mol. The molecule has 0 bridgehead atoms. The molecule has 19 heavy (non-hydrogen) atoms. The lowest BCUT2D eigenvalue weighted by molar-refractivity contribution is -0.124. The fourth-order valence-electron chi connectivity index (χ4n) is 2.47. The molecule has 1 saturated heterocycles. The SMILES string of the molecule is CNC(=O)C1CCCN1C(=O)c1cccc(C)c1N. The Hall–Kier alpha value is -2.04. The van der Waals surface area contributed by atoms with Gasteiger partial charge in [0.25, 0.3) is 5.91 Å². The molecule has 5 heteroatoms. The Bertz CT molecular complexity index is 513. The van der Waals surface area contributed by atoms with Crippen molar-refractivity contribution in [2.75, 3.05) is 19.3 Å². The minimum atomic E-state index is -0.377. The molecule has 2 amide bonds. The summed E-state index contributed by atoms with van der Waals surface area (Å²) in [6.45, 7) is 2.47. The van der Waals surface area contributed by atoms with Crippen LogP contribution in [0.4, 0.5) is 5.69 Å². The molecule has 1 aromatic rings. The van der Waals surface area contributed by atoms with Crippen LogP contribution in [0.1, 0.15) is 28.8 Å². The third-order valence-electron chi connectivity index (χ3n) is 3.62. The van der Waals surface area contributed by atoms with Crippen LogP contribution >= 0.6 is 0 Å². The van der Waals surface area contributed by atoms with Crippen LogP contribution in [0.2, 0.25) is 0 Å². The highest BCUT2D eigenvalue weighted by atomic mass is 16.2. The fraction of sp³-hybridized carbons (Fsp3) is 0.429. The van der Waals surface area contributed by atoms with E-state index in [1.165, 1.54) is 0 Å². The van der Waals surface area contributed by atoms with Crippen molar-refractivity contribution in [1.29, 1.82) is 0 Å². The fourth-order valence-corrected chi connectivity index (χ4v) is 2.47. The summed E-state index contributed by atoms with van der Waals surface area (Å²) in [5, 5.41) is 2.61. The molecule has 1 heterocycles. The number of benzene rings is 1. The zero-order valence-electron chi connectivity index (χ0n) is 11.3. The van der Waals surface area contributed by atoms with E-state index in [0.29, 0.717) is 24.2 Å². The van der Waals surface area contributed by atoms with Gasteiger partial charge in [-0.1, -0.05) is 12.1 Å². The van der Waals surface area contributed by atoms with Crippen molar-refractivity contribution in [3.63, 3.8) is 0 Å². The van der Waals surface area contributed by atoms with E-state index in [2.05, 4.69) is 5.32 Å². The maximum absolute atomic E-state index is 12.5. The van der Waals surface area contributed by atoms with Gasteiger partial charge in [-0.05, 0) is 31.4 Å². The van der Waals surface area contributed by atoms with Crippen LogP contribution in [0.15, 0.2) is 18.2 Å². The Kier molecular flexibility index (Phi) is 3.74. The number of carbonyl (C=O) groups is 2. The van der Waals surface area contributed by atoms with Crippen LogP contribution in [-0.4, -0.2) is 36.3 Å². The molecular formula is C14H19N3O2. The minimum absolute atomic E-state index is 0.114. The highest BCUT2D eigenvalue weighted by molar-refractivity contribution is 6.02. The van der Waals surface area contributed by atoms with E-state index >= 15 is 0 Å². The van der Waals surface area contributed by atoms with Gasteiger partial charge in [-0.25, -0.2) is 0 Å². The number of nitrogens with two attached hydrogens (primary N) is 1. The van der Waals surface area contributed by atoms with Gasteiger partial charge in [-0.15, -0.1) is 0 Å². The lowest BCUT2D eigenvalue weighted by Crippen LogP contribution is -2.45.